The summed E-state index contributed by atoms with van der Waals surface area (Å²) in [6.07, 6.45) is 2.51. The highest BCUT2D eigenvalue weighted by Crippen LogP contribution is 2.58. The maximum absolute atomic E-state index is 14.2. The molecule has 9 nitrogen and oxygen atoms in total. The van der Waals surface area contributed by atoms with Crippen LogP contribution in [0, 0.1) is 29.6 Å². The van der Waals surface area contributed by atoms with Gasteiger partial charge in [0.1, 0.15) is 5.75 Å². The second kappa shape index (κ2) is 10.5. The quantitative estimate of drug-likeness (QED) is 0.251. The van der Waals surface area contributed by atoms with E-state index in [1.165, 1.54) is 35.8 Å². The Morgan fingerprint density at radius 2 is 1.11 bits per heavy atom. The Bertz CT molecular complexity index is 1820. The highest BCUT2D eigenvalue weighted by Gasteiger charge is 2.62. The Kier molecular flexibility index (Phi) is 6.65. The van der Waals surface area contributed by atoms with Gasteiger partial charge >= 0.3 is 0 Å². The van der Waals surface area contributed by atoms with Gasteiger partial charge in [-0.3, -0.25) is 38.6 Å². The molecule has 9 heteroatoms. The predicted octanol–water partition coefficient (Wildman–Crippen LogP) is 4.84. The van der Waals surface area contributed by atoms with Crippen molar-refractivity contribution in [1.29, 1.82) is 0 Å². The minimum absolute atomic E-state index is 0.0596. The zero-order chi connectivity index (χ0) is 31.7. The molecule has 4 aliphatic rings. The van der Waals surface area contributed by atoms with E-state index < -0.39 is 35.5 Å². The number of allylic oxidation sites excluding steroid dienone is 2. The molecule has 3 aromatic carbocycles. The molecule has 3 fully saturated rings. The number of aromatic hydroxyl groups is 1. The van der Waals surface area contributed by atoms with Crippen molar-refractivity contribution in [3.8, 4) is 5.75 Å². The van der Waals surface area contributed by atoms with E-state index in [9.17, 15) is 33.9 Å². The SMILES string of the molecule is CC(=O)c1ccc(N2C(=O)C3CC=C4C(CC5C(=O)N(c6ccc(C(C)=O)cc6)C(=O)C5C4c4ccc(O)cc4)C3C2=O)cc1. The summed E-state index contributed by atoms with van der Waals surface area (Å²) in [7, 11) is 0. The number of amides is 4. The Balaban J connectivity index is 1.29. The van der Waals surface area contributed by atoms with Crippen molar-refractivity contribution in [2.45, 2.75) is 32.6 Å². The topological polar surface area (TPSA) is 129 Å². The van der Waals surface area contributed by atoms with Crippen molar-refractivity contribution in [2.75, 3.05) is 9.80 Å². The fraction of sp³-hybridized carbons (Fsp3) is 0.278. The van der Waals surface area contributed by atoms with E-state index in [-0.39, 0.29) is 47.4 Å². The standard InChI is InChI=1S/C36H30N2O7/c1-18(39)20-3-9-23(10-4-20)37-33(42)27-16-15-26-28(31(27)35(37)44)17-29-32(30(26)22-7-13-25(41)14-8-22)36(45)38(34(29)43)24-11-5-21(6-12-24)19(2)40/h3-15,27-32,41H,16-17H2,1-2H3. The summed E-state index contributed by atoms with van der Waals surface area (Å²) in [5.74, 6) is -5.41. The van der Waals surface area contributed by atoms with Crippen molar-refractivity contribution in [3.63, 3.8) is 0 Å². The largest absolute Gasteiger partial charge is 0.508 e. The minimum Gasteiger partial charge on any atom is -0.508 e. The van der Waals surface area contributed by atoms with Gasteiger partial charge in [0.25, 0.3) is 0 Å². The van der Waals surface area contributed by atoms with Gasteiger partial charge in [-0.2, -0.15) is 0 Å². The van der Waals surface area contributed by atoms with E-state index in [0.717, 1.165) is 11.1 Å². The van der Waals surface area contributed by atoms with Gasteiger partial charge in [0.2, 0.25) is 23.6 Å². The van der Waals surface area contributed by atoms with Gasteiger partial charge in [0.15, 0.2) is 11.6 Å². The molecule has 2 saturated heterocycles. The molecule has 2 heterocycles. The van der Waals surface area contributed by atoms with Crippen LogP contribution >= 0.6 is 0 Å². The van der Waals surface area contributed by atoms with Gasteiger partial charge in [-0.15, -0.1) is 0 Å². The van der Waals surface area contributed by atoms with Crippen LogP contribution in [0.3, 0.4) is 0 Å². The smallest absolute Gasteiger partial charge is 0.238 e. The van der Waals surface area contributed by atoms with Crippen LogP contribution in [0.5, 0.6) is 5.75 Å². The monoisotopic (exact) mass is 602 g/mol. The van der Waals surface area contributed by atoms with Crippen LogP contribution in [-0.2, 0) is 19.2 Å². The normalized spacial score (nSPS) is 27.2. The lowest BCUT2D eigenvalue weighted by atomic mass is 9.57. The van der Waals surface area contributed by atoms with Gasteiger partial charge < -0.3 is 5.11 Å². The summed E-state index contributed by atoms with van der Waals surface area (Å²) in [6, 6.07) is 19.3. The molecular formula is C36H30N2O7. The fourth-order valence-corrected chi connectivity index (χ4v) is 7.84. The van der Waals surface area contributed by atoms with Crippen molar-refractivity contribution >= 4 is 46.6 Å². The maximum atomic E-state index is 14.2. The number of hydrogen-bond donors (Lipinski definition) is 1. The van der Waals surface area contributed by atoms with Gasteiger partial charge in [0, 0.05) is 17.0 Å². The van der Waals surface area contributed by atoms with Gasteiger partial charge in [-0.1, -0.05) is 23.8 Å². The molecule has 4 amide bonds. The number of Topliss-reactive ketones (excluding diaryl/α,β-unsaturated/α-hetero) is 2. The lowest BCUT2D eigenvalue weighted by Gasteiger charge is -2.44. The van der Waals surface area contributed by atoms with Gasteiger partial charge in [0.05, 0.1) is 35.0 Å². The number of phenolic OH excluding ortho intramolecular Hbond substituents is 1. The number of anilines is 2. The number of carbonyl (C=O) groups excluding carboxylic acids is 6. The van der Waals surface area contributed by atoms with E-state index in [1.54, 1.807) is 60.7 Å². The average molecular weight is 603 g/mol. The number of hydrogen-bond acceptors (Lipinski definition) is 7. The summed E-state index contributed by atoms with van der Waals surface area (Å²) in [6.45, 7) is 2.89. The lowest BCUT2D eigenvalue weighted by molar-refractivity contribution is -0.126. The van der Waals surface area contributed by atoms with Crippen LogP contribution in [0.4, 0.5) is 11.4 Å². The summed E-state index contributed by atoms with van der Waals surface area (Å²) in [5.41, 5.74) is 3.29. The summed E-state index contributed by atoms with van der Waals surface area (Å²) < 4.78 is 0. The molecule has 0 aromatic heterocycles. The van der Waals surface area contributed by atoms with Crippen molar-refractivity contribution in [1.82, 2.24) is 0 Å². The van der Waals surface area contributed by atoms with E-state index in [2.05, 4.69) is 0 Å². The molecule has 7 rings (SSSR count). The molecule has 6 unspecified atom stereocenters. The molecule has 0 bridgehead atoms. The third-order valence-electron chi connectivity index (χ3n) is 9.96. The molecule has 2 aliphatic heterocycles. The summed E-state index contributed by atoms with van der Waals surface area (Å²) >= 11 is 0. The zero-order valence-corrected chi connectivity index (χ0v) is 24.7. The molecule has 0 spiro atoms. The van der Waals surface area contributed by atoms with E-state index in [1.807, 2.05) is 6.08 Å². The lowest BCUT2D eigenvalue weighted by Crippen LogP contribution is -2.43. The van der Waals surface area contributed by atoms with Crippen LogP contribution in [0.2, 0.25) is 0 Å². The van der Waals surface area contributed by atoms with Gasteiger partial charge in [-0.05, 0) is 98.8 Å². The first-order valence-electron chi connectivity index (χ1n) is 15.0. The number of carbonyl (C=O) groups is 6. The number of rotatable bonds is 5. The Morgan fingerprint density at radius 1 is 0.622 bits per heavy atom. The zero-order valence-electron chi connectivity index (χ0n) is 24.7. The van der Waals surface area contributed by atoms with Crippen LogP contribution in [0.15, 0.2) is 84.4 Å². The highest BCUT2D eigenvalue weighted by molar-refractivity contribution is 6.24. The first-order chi connectivity index (χ1) is 21.6. The first kappa shape index (κ1) is 28.6. The van der Waals surface area contributed by atoms with Crippen molar-refractivity contribution < 1.29 is 33.9 Å². The third kappa shape index (κ3) is 4.36. The predicted molar refractivity (Wildman–Crippen MR) is 163 cm³/mol. The fourth-order valence-electron chi connectivity index (χ4n) is 7.84. The van der Waals surface area contributed by atoms with Gasteiger partial charge in [-0.25, -0.2) is 0 Å². The first-order valence-corrected chi connectivity index (χ1v) is 15.0. The molecule has 0 radical (unpaired) electrons. The van der Waals surface area contributed by atoms with Crippen LogP contribution in [-0.4, -0.2) is 40.3 Å². The number of nitrogens with zero attached hydrogens (tertiary/aromatic N) is 2. The summed E-state index contributed by atoms with van der Waals surface area (Å²) in [4.78, 5) is 82.1. The Hall–Kier alpha value is -5.18. The van der Waals surface area contributed by atoms with E-state index in [0.29, 0.717) is 28.9 Å². The molecular weight excluding hydrogens is 572 g/mol. The van der Waals surface area contributed by atoms with Crippen molar-refractivity contribution in [3.05, 3.63) is 101 Å². The molecule has 3 aromatic rings. The third-order valence-corrected chi connectivity index (χ3v) is 9.96. The molecule has 1 saturated carbocycles. The molecule has 1 N–H and O–H groups in total. The number of fused-ring (bicyclic) bond motifs is 4. The second-order valence-corrected chi connectivity index (χ2v) is 12.3. The second-order valence-electron chi connectivity index (χ2n) is 12.3. The van der Waals surface area contributed by atoms with E-state index >= 15 is 0 Å². The van der Waals surface area contributed by atoms with Crippen molar-refractivity contribution in [2.24, 2.45) is 29.6 Å². The molecule has 2 aliphatic carbocycles. The molecule has 226 valence electrons. The number of imide groups is 2. The molecule has 6 atom stereocenters. The Morgan fingerprint density at radius 3 is 1.62 bits per heavy atom. The minimum atomic E-state index is -0.740. The highest BCUT2D eigenvalue weighted by atomic mass is 16.3. The van der Waals surface area contributed by atoms with E-state index in [4.69, 9.17) is 0 Å². The number of phenols is 1. The maximum Gasteiger partial charge on any atom is 0.238 e. The Labute approximate surface area is 259 Å². The van der Waals surface area contributed by atoms with Crippen LogP contribution in [0.25, 0.3) is 0 Å². The average Bonchev–Trinajstić information content (AvgIpc) is 3.44. The van der Waals surface area contributed by atoms with Crippen LogP contribution < -0.4 is 9.80 Å². The number of ketones is 2. The summed E-state index contributed by atoms with van der Waals surface area (Å²) in [5, 5.41) is 10.0. The molecule has 45 heavy (non-hydrogen) atoms. The van der Waals surface area contributed by atoms with Crippen LogP contribution in [0.1, 0.15) is 58.9 Å². The number of benzene rings is 3.